The van der Waals surface area contributed by atoms with Gasteiger partial charge in [0.05, 0.1) is 18.4 Å². The normalized spacial score (nSPS) is 10.1. The predicted molar refractivity (Wildman–Crippen MR) is 57.8 cm³/mol. The third-order valence-electron chi connectivity index (χ3n) is 2.15. The van der Waals surface area contributed by atoms with Crippen LogP contribution < -0.4 is 0 Å². The van der Waals surface area contributed by atoms with Crippen molar-refractivity contribution >= 4 is 5.97 Å². The molecule has 5 heteroatoms. The van der Waals surface area contributed by atoms with Gasteiger partial charge in [0.25, 0.3) is 0 Å². The maximum absolute atomic E-state index is 11.5. The first kappa shape index (κ1) is 10.4. The summed E-state index contributed by atoms with van der Waals surface area (Å²) >= 11 is 0. The molecule has 2 aromatic rings. The van der Waals surface area contributed by atoms with Crippen molar-refractivity contribution in [2.75, 3.05) is 7.11 Å². The molecule has 82 valence electrons. The highest BCUT2D eigenvalue weighted by atomic mass is 16.5. The van der Waals surface area contributed by atoms with Gasteiger partial charge in [-0.3, -0.25) is 9.67 Å². The molecule has 0 aliphatic heterocycles. The fourth-order valence-electron chi connectivity index (χ4n) is 1.45. The molecular weight excluding hydrogens is 206 g/mol. The molecule has 0 fully saturated rings. The van der Waals surface area contributed by atoms with Gasteiger partial charge in [-0.1, -0.05) is 6.07 Å². The topological polar surface area (TPSA) is 57.0 Å². The molecule has 0 atom stereocenters. The van der Waals surface area contributed by atoms with Crippen molar-refractivity contribution in [3.8, 4) is 11.3 Å². The average molecular weight is 217 g/mol. The summed E-state index contributed by atoms with van der Waals surface area (Å²) < 4.78 is 6.23. The Balaban J connectivity index is 2.53. The Labute approximate surface area is 92.7 Å². The monoisotopic (exact) mass is 217 g/mol. The summed E-state index contributed by atoms with van der Waals surface area (Å²) in [6.45, 7) is 0. The number of ether oxygens (including phenoxy) is 1. The van der Waals surface area contributed by atoms with E-state index in [1.807, 2.05) is 18.2 Å². The van der Waals surface area contributed by atoms with Crippen molar-refractivity contribution in [1.82, 2.24) is 14.8 Å². The summed E-state index contributed by atoms with van der Waals surface area (Å²) in [4.78, 5) is 15.7. The standard InChI is InChI=1S/C11H11N3O2/c1-14-7-8(9-5-3-4-6-12-9)10(13-14)11(15)16-2/h3-7H,1-2H3. The summed E-state index contributed by atoms with van der Waals surface area (Å²) in [5.74, 6) is -0.457. The van der Waals surface area contributed by atoms with Crippen LogP contribution >= 0.6 is 0 Å². The molecule has 0 amide bonds. The van der Waals surface area contributed by atoms with Crippen LogP contribution in [0.2, 0.25) is 0 Å². The van der Waals surface area contributed by atoms with Crippen LogP contribution in [0.25, 0.3) is 11.3 Å². The van der Waals surface area contributed by atoms with Gasteiger partial charge in [-0.05, 0) is 12.1 Å². The van der Waals surface area contributed by atoms with E-state index in [0.29, 0.717) is 11.3 Å². The summed E-state index contributed by atoms with van der Waals surface area (Å²) in [6, 6.07) is 5.50. The highest BCUT2D eigenvalue weighted by molar-refractivity contribution is 5.94. The number of carbonyl (C=O) groups is 1. The minimum absolute atomic E-state index is 0.281. The van der Waals surface area contributed by atoms with Crippen molar-refractivity contribution in [3.63, 3.8) is 0 Å². The second-order valence-corrected chi connectivity index (χ2v) is 3.27. The maximum Gasteiger partial charge on any atom is 0.359 e. The molecular formula is C11H11N3O2. The first-order chi connectivity index (χ1) is 7.72. The fraction of sp³-hybridized carbons (Fsp3) is 0.182. The van der Waals surface area contributed by atoms with Gasteiger partial charge in [-0.25, -0.2) is 4.79 Å². The Morgan fingerprint density at radius 1 is 1.44 bits per heavy atom. The number of nitrogens with zero attached hydrogens (tertiary/aromatic N) is 3. The summed E-state index contributed by atoms with van der Waals surface area (Å²) in [7, 11) is 3.08. The number of hydrogen-bond acceptors (Lipinski definition) is 4. The van der Waals surface area contributed by atoms with Crippen LogP contribution in [0.15, 0.2) is 30.6 Å². The van der Waals surface area contributed by atoms with Gasteiger partial charge in [-0.15, -0.1) is 0 Å². The maximum atomic E-state index is 11.5. The number of rotatable bonds is 2. The highest BCUT2D eigenvalue weighted by Gasteiger charge is 2.18. The Kier molecular flexibility index (Phi) is 2.68. The van der Waals surface area contributed by atoms with Crippen molar-refractivity contribution < 1.29 is 9.53 Å². The van der Waals surface area contributed by atoms with Crippen molar-refractivity contribution in [2.45, 2.75) is 0 Å². The third kappa shape index (κ3) is 1.79. The smallest absolute Gasteiger partial charge is 0.359 e. The lowest BCUT2D eigenvalue weighted by Gasteiger charge is -1.98. The number of esters is 1. The first-order valence-electron chi connectivity index (χ1n) is 4.75. The number of carbonyl (C=O) groups excluding carboxylic acids is 1. The summed E-state index contributed by atoms with van der Waals surface area (Å²) in [6.07, 6.45) is 3.41. The largest absolute Gasteiger partial charge is 0.464 e. The SMILES string of the molecule is COC(=O)c1nn(C)cc1-c1ccccn1. The number of hydrogen-bond donors (Lipinski definition) is 0. The van der Waals surface area contributed by atoms with E-state index in [9.17, 15) is 4.79 Å². The molecule has 0 N–H and O–H groups in total. The molecule has 0 saturated carbocycles. The van der Waals surface area contributed by atoms with Crippen molar-refractivity contribution in [2.24, 2.45) is 7.05 Å². The average Bonchev–Trinajstić information content (AvgIpc) is 2.71. The lowest BCUT2D eigenvalue weighted by Crippen LogP contribution is -2.04. The Morgan fingerprint density at radius 3 is 2.88 bits per heavy atom. The quantitative estimate of drug-likeness (QED) is 0.711. The van der Waals surface area contributed by atoms with Crippen LogP contribution in [-0.2, 0) is 11.8 Å². The van der Waals surface area contributed by atoms with E-state index in [1.165, 1.54) is 7.11 Å². The second kappa shape index (κ2) is 4.14. The van der Waals surface area contributed by atoms with Gasteiger partial charge in [0, 0.05) is 19.4 Å². The second-order valence-electron chi connectivity index (χ2n) is 3.27. The van der Waals surface area contributed by atoms with E-state index in [4.69, 9.17) is 0 Å². The number of pyridine rings is 1. The Hall–Kier alpha value is -2.17. The van der Waals surface area contributed by atoms with Crippen molar-refractivity contribution in [3.05, 3.63) is 36.3 Å². The molecule has 0 aliphatic rings. The molecule has 0 aromatic carbocycles. The molecule has 0 spiro atoms. The van der Waals surface area contributed by atoms with E-state index >= 15 is 0 Å². The van der Waals surface area contributed by atoms with E-state index in [0.717, 1.165) is 0 Å². The molecule has 2 heterocycles. The summed E-state index contributed by atoms with van der Waals surface area (Å²) in [5.41, 5.74) is 1.66. The first-order valence-corrected chi connectivity index (χ1v) is 4.75. The zero-order chi connectivity index (χ0) is 11.5. The highest BCUT2D eigenvalue weighted by Crippen LogP contribution is 2.20. The van der Waals surface area contributed by atoms with Crippen LogP contribution in [0.5, 0.6) is 0 Å². The molecule has 0 aliphatic carbocycles. The van der Waals surface area contributed by atoms with Crippen molar-refractivity contribution in [1.29, 1.82) is 0 Å². The molecule has 0 radical (unpaired) electrons. The molecule has 0 saturated heterocycles. The lowest BCUT2D eigenvalue weighted by molar-refractivity contribution is 0.0594. The zero-order valence-electron chi connectivity index (χ0n) is 9.04. The van der Waals surface area contributed by atoms with Crippen LogP contribution in [0, 0.1) is 0 Å². The lowest BCUT2D eigenvalue weighted by atomic mass is 10.1. The van der Waals surface area contributed by atoms with Crippen LogP contribution in [0.1, 0.15) is 10.5 Å². The Morgan fingerprint density at radius 2 is 2.25 bits per heavy atom. The fourth-order valence-corrected chi connectivity index (χ4v) is 1.45. The molecule has 5 nitrogen and oxygen atoms in total. The van der Waals surface area contributed by atoms with Gasteiger partial charge in [0.2, 0.25) is 0 Å². The third-order valence-corrected chi connectivity index (χ3v) is 2.15. The van der Waals surface area contributed by atoms with Crippen LogP contribution in [-0.4, -0.2) is 27.8 Å². The molecule has 2 aromatic heterocycles. The predicted octanol–water partition coefficient (Wildman–Crippen LogP) is 1.27. The van der Waals surface area contributed by atoms with E-state index in [2.05, 4.69) is 14.8 Å². The summed E-state index contributed by atoms with van der Waals surface area (Å²) in [5, 5.41) is 4.06. The minimum atomic E-state index is -0.457. The number of aryl methyl sites for hydroxylation is 1. The van der Waals surface area contributed by atoms with Crippen LogP contribution in [0.4, 0.5) is 0 Å². The van der Waals surface area contributed by atoms with E-state index in [-0.39, 0.29) is 5.69 Å². The van der Waals surface area contributed by atoms with E-state index < -0.39 is 5.97 Å². The number of aromatic nitrogens is 3. The minimum Gasteiger partial charge on any atom is -0.464 e. The Bertz CT molecular complexity index is 505. The molecule has 0 unspecified atom stereocenters. The van der Waals surface area contributed by atoms with Crippen LogP contribution in [0.3, 0.4) is 0 Å². The zero-order valence-corrected chi connectivity index (χ0v) is 9.04. The van der Waals surface area contributed by atoms with Gasteiger partial charge in [-0.2, -0.15) is 5.10 Å². The van der Waals surface area contributed by atoms with Gasteiger partial charge >= 0.3 is 5.97 Å². The van der Waals surface area contributed by atoms with Gasteiger partial charge in [0.15, 0.2) is 5.69 Å². The van der Waals surface area contributed by atoms with E-state index in [1.54, 1.807) is 24.1 Å². The van der Waals surface area contributed by atoms with Gasteiger partial charge < -0.3 is 4.74 Å². The number of methoxy groups -OCH3 is 1. The molecule has 2 rings (SSSR count). The molecule has 16 heavy (non-hydrogen) atoms. The van der Waals surface area contributed by atoms with Gasteiger partial charge in [0.1, 0.15) is 0 Å². The molecule has 0 bridgehead atoms.